The number of halogens is 1. The smallest absolute Gasteiger partial charge is 0.338 e. The number of nitrogens with zero attached hydrogens (tertiary/aromatic N) is 4. The van der Waals surface area contributed by atoms with E-state index in [1.54, 1.807) is 53.2 Å². The molecule has 0 radical (unpaired) electrons. The van der Waals surface area contributed by atoms with Gasteiger partial charge < -0.3 is 4.74 Å². The van der Waals surface area contributed by atoms with E-state index in [0.717, 1.165) is 22.1 Å². The van der Waals surface area contributed by atoms with E-state index >= 15 is 0 Å². The Morgan fingerprint density at radius 1 is 0.848 bits per heavy atom. The van der Waals surface area contributed by atoms with Crippen molar-refractivity contribution in [3.8, 4) is 11.1 Å². The van der Waals surface area contributed by atoms with Crippen LogP contribution in [0.2, 0.25) is 0 Å². The number of aromatic nitrogens is 4. The van der Waals surface area contributed by atoms with Gasteiger partial charge in [-0.15, -0.1) is 0 Å². The fraction of sp³-hybridized carbons (Fsp3) is 0.194. The summed E-state index contributed by atoms with van der Waals surface area (Å²) in [5.74, 6) is -1.09. The van der Waals surface area contributed by atoms with E-state index in [4.69, 9.17) is 4.74 Å². The number of benzene rings is 3. The van der Waals surface area contributed by atoms with E-state index < -0.39 is 28.8 Å². The lowest BCUT2D eigenvalue weighted by Gasteiger charge is -2.14. The quantitative estimate of drug-likeness (QED) is 0.140. The first-order chi connectivity index (χ1) is 22.3. The molecule has 0 bridgehead atoms. The van der Waals surface area contributed by atoms with E-state index in [9.17, 15) is 23.6 Å². The summed E-state index contributed by atoms with van der Waals surface area (Å²) in [6, 6.07) is 21.1. The van der Waals surface area contributed by atoms with Crippen LogP contribution in [0, 0.1) is 5.82 Å². The van der Waals surface area contributed by atoms with Gasteiger partial charge in [0.25, 0.3) is 5.56 Å². The summed E-state index contributed by atoms with van der Waals surface area (Å²) in [4.78, 5) is 57.9. The maximum absolute atomic E-state index is 13.9. The van der Waals surface area contributed by atoms with E-state index in [-0.39, 0.29) is 23.3 Å². The molecule has 46 heavy (non-hydrogen) atoms. The van der Waals surface area contributed by atoms with Crippen LogP contribution in [-0.4, -0.2) is 36.9 Å². The van der Waals surface area contributed by atoms with Crippen molar-refractivity contribution in [3.63, 3.8) is 0 Å². The molecular formula is C36H31FN4O5. The van der Waals surface area contributed by atoms with E-state index in [1.807, 2.05) is 26.0 Å². The fourth-order valence-electron chi connectivity index (χ4n) is 5.57. The van der Waals surface area contributed by atoms with Gasteiger partial charge in [0.15, 0.2) is 5.82 Å². The van der Waals surface area contributed by atoms with Gasteiger partial charge in [-0.25, -0.2) is 19.0 Å². The second-order valence-electron chi connectivity index (χ2n) is 11.0. The summed E-state index contributed by atoms with van der Waals surface area (Å²) in [7, 11) is 0. The van der Waals surface area contributed by atoms with Gasteiger partial charge in [0.2, 0.25) is 5.78 Å². The van der Waals surface area contributed by atoms with E-state index in [2.05, 4.69) is 4.98 Å². The predicted octanol–water partition coefficient (Wildman–Crippen LogP) is 5.87. The summed E-state index contributed by atoms with van der Waals surface area (Å²) < 4.78 is 23.1. The molecule has 0 atom stereocenters. The van der Waals surface area contributed by atoms with Crippen LogP contribution in [0.5, 0.6) is 0 Å². The normalized spacial score (nSPS) is 11.3. The van der Waals surface area contributed by atoms with Gasteiger partial charge in [0.1, 0.15) is 5.82 Å². The molecule has 6 rings (SSSR count). The monoisotopic (exact) mass is 618 g/mol. The Kier molecular flexibility index (Phi) is 8.43. The molecule has 0 amide bonds. The average molecular weight is 619 g/mol. The Labute approximate surface area is 263 Å². The number of fused-ring (bicyclic) bond motifs is 2. The lowest BCUT2D eigenvalue weighted by Crippen LogP contribution is -2.40. The number of ketones is 1. The SMILES string of the molecule is CCCOC(=O)c1cccc(-c2cccn3c(C(=O)c4ccc5c(c4)c(=O)n(Cc4ccc(F)cc4)c(=O)n5CCC)ncc23)c1. The lowest BCUT2D eigenvalue weighted by atomic mass is 10.0. The molecule has 0 unspecified atom stereocenters. The van der Waals surface area contributed by atoms with Gasteiger partial charge in [-0.2, -0.15) is 0 Å². The maximum atomic E-state index is 13.9. The molecule has 0 aliphatic rings. The molecule has 10 heteroatoms. The van der Waals surface area contributed by atoms with Crippen LogP contribution in [0.15, 0.2) is 101 Å². The number of hydrogen-bond acceptors (Lipinski definition) is 6. The number of pyridine rings is 1. The third-order valence-electron chi connectivity index (χ3n) is 7.81. The number of ether oxygens (including phenoxy) is 1. The Morgan fingerprint density at radius 2 is 1.65 bits per heavy atom. The molecule has 6 aromatic rings. The molecule has 3 heterocycles. The number of carbonyl (C=O) groups is 2. The zero-order chi connectivity index (χ0) is 32.4. The Bertz CT molecular complexity index is 2230. The molecule has 0 N–H and O–H groups in total. The van der Waals surface area contributed by atoms with Crippen LogP contribution < -0.4 is 11.2 Å². The number of hydrogen-bond donors (Lipinski definition) is 0. The summed E-state index contributed by atoms with van der Waals surface area (Å²) in [5.41, 5.74) is 2.85. The molecule has 0 fully saturated rings. The minimum Gasteiger partial charge on any atom is -0.462 e. The molecule has 0 spiro atoms. The fourth-order valence-corrected chi connectivity index (χ4v) is 5.57. The Morgan fingerprint density at radius 3 is 2.41 bits per heavy atom. The summed E-state index contributed by atoms with van der Waals surface area (Å²) >= 11 is 0. The van der Waals surface area contributed by atoms with Crippen LogP contribution in [-0.2, 0) is 17.8 Å². The van der Waals surface area contributed by atoms with Gasteiger partial charge in [0, 0.05) is 23.9 Å². The number of rotatable bonds is 10. The zero-order valence-electron chi connectivity index (χ0n) is 25.4. The van der Waals surface area contributed by atoms with Crippen LogP contribution in [0.25, 0.3) is 27.5 Å². The maximum Gasteiger partial charge on any atom is 0.338 e. The van der Waals surface area contributed by atoms with Gasteiger partial charge in [0.05, 0.1) is 41.3 Å². The van der Waals surface area contributed by atoms with Crippen LogP contribution in [0.4, 0.5) is 4.39 Å². The highest BCUT2D eigenvalue weighted by Crippen LogP contribution is 2.27. The number of imidazole rings is 1. The van der Waals surface area contributed by atoms with Crippen molar-refractivity contribution in [1.29, 1.82) is 0 Å². The van der Waals surface area contributed by atoms with Gasteiger partial charge in [-0.3, -0.25) is 23.1 Å². The number of carbonyl (C=O) groups excluding carboxylic acids is 2. The lowest BCUT2D eigenvalue weighted by molar-refractivity contribution is 0.0505. The Hall–Kier alpha value is -5.64. The topological polar surface area (TPSA) is 105 Å². The van der Waals surface area contributed by atoms with Crippen LogP contribution >= 0.6 is 0 Å². The summed E-state index contributed by atoms with van der Waals surface area (Å²) in [6.07, 6.45) is 4.70. The highest BCUT2D eigenvalue weighted by atomic mass is 19.1. The van der Waals surface area contributed by atoms with E-state index in [1.165, 1.54) is 34.9 Å². The van der Waals surface area contributed by atoms with E-state index in [0.29, 0.717) is 41.7 Å². The predicted molar refractivity (Wildman–Crippen MR) is 173 cm³/mol. The first kappa shape index (κ1) is 30.4. The number of aryl methyl sites for hydroxylation is 1. The first-order valence-electron chi connectivity index (χ1n) is 15.1. The highest BCUT2D eigenvalue weighted by molar-refractivity contribution is 6.09. The van der Waals surface area contributed by atoms with Crippen molar-refractivity contribution in [3.05, 3.63) is 140 Å². The molecular weight excluding hydrogens is 587 g/mol. The van der Waals surface area contributed by atoms with Crippen molar-refractivity contribution in [2.75, 3.05) is 6.61 Å². The highest BCUT2D eigenvalue weighted by Gasteiger charge is 2.21. The summed E-state index contributed by atoms with van der Waals surface area (Å²) in [6.45, 7) is 4.52. The Balaban J connectivity index is 1.41. The first-order valence-corrected chi connectivity index (χ1v) is 15.1. The van der Waals surface area contributed by atoms with Gasteiger partial charge in [-0.05, 0) is 72.5 Å². The van der Waals surface area contributed by atoms with Crippen molar-refractivity contribution < 1.29 is 18.7 Å². The van der Waals surface area contributed by atoms with Crippen molar-refractivity contribution in [2.24, 2.45) is 0 Å². The van der Waals surface area contributed by atoms with Crippen molar-refractivity contribution in [2.45, 2.75) is 39.8 Å². The zero-order valence-corrected chi connectivity index (χ0v) is 25.4. The molecule has 0 aliphatic carbocycles. The largest absolute Gasteiger partial charge is 0.462 e. The molecule has 9 nitrogen and oxygen atoms in total. The minimum atomic E-state index is -0.543. The van der Waals surface area contributed by atoms with Crippen LogP contribution in [0.3, 0.4) is 0 Å². The molecule has 0 saturated heterocycles. The van der Waals surface area contributed by atoms with Crippen molar-refractivity contribution >= 4 is 28.2 Å². The minimum absolute atomic E-state index is 0.0407. The average Bonchev–Trinajstić information content (AvgIpc) is 3.52. The molecule has 232 valence electrons. The van der Waals surface area contributed by atoms with Crippen LogP contribution in [0.1, 0.15) is 58.8 Å². The molecule has 3 aromatic carbocycles. The third kappa shape index (κ3) is 5.65. The van der Waals surface area contributed by atoms with Gasteiger partial charge >= 0.3 is 11.7 Å². The van der Waals surface area contributed by atoms with Crippen molar-refractivity contribution in [1.82, 2.24) is 18.5 Å². The van der Waals surface area contributed by atoms with Gasteiger partial charge in [-0.1, -0.05) is 44.2 Å². The second-order valence-corrected chi connectivity index (χ2v) is 11.0. The third-order valence-corrected chi connectivity index (χ3v) is 7.81. The molecule has 3 aromatic heterocycles. The molecule has 0 aliphatic heterocycles. The standard InChI is InChI=1S/C36H31FN4O5/c1-3-16-40-30-15-12-25(20-29(30)34(43)41(36(40)45)22-23-10-13-27(37)14-11-23)32(42)33-38-21-31-28(9-6-17-39(31)33)24-7-5-8-26(19-24)35(44)46-18-4-2/h5-15,17,19-21H,3-4,16,18,22H2,1-2H3. The number of esters is 1. The second kappa shape index (κ2) is 12.8. The molecule has 0 saturated carbocycles. The summed E-state index contributed by atoms with van der Waals surface area (Å²) in [5, 5.41) is 0.217.